The highest BCUT2D eigenvalue weighted by atomic mass is 16.4. The molecule has 0 aliphatic heterocycles. The molecule has 0 saturated carbocycles. The zero-order chi connectivity index (χ0) is 18.8. The number of hydrogen-bond donors (Lipinski definition) is 2. The second kappa shape index (κ2) is 7.27. The summed E-state index contributed by atoms with van der Waals surface area (Å²) in [6, 6.07) is 4.76. The highest BCUT2D eigenvalue weighted by Crippen LogP contribution is 2.27. The SMILES string of the molecule is CCc1cc2c(CN(C)CC(=O)NC(C)(C)C)cc(=O)oc2cc1O. The molecule has 2 aromatic rings. The fourth-order valence-electron chi connectivity index (χ4n) is 2.77. The van der Waals surface area contributed by atoms with Gasteiger partial charge in [0.25, 0.3) is 0 Å². The van der Waals surface area contributed by atoms with Gasteiger partial charge in [0, 0.05) is 29.6 Å². The van der Waals surface area contributed by atoms with Crippen molar-refractivity contribution in [3.05, 3.63) is 39.7 Å². The molecule has 6 nitrogen and oxygen atoms in total. The number of aromatic hydroxyl groups is 1. The maximum atomic E-state index is 12.1. The van der Waals surface area contributed by atoms with Crippen LogP contribution in [0.1, 0.15) is 38.8 Å². The van der Waals surface area contributed by atoms with E-state index in [9.17, 15) is 14.7 Å². The number of aryl methyl sites for hydroxylation is 1. The number of nitrogens with zero attached hydrogens (tertiary/aromatic N) is 1. The van der Waals surface area contributed by atoms with Gasteiger partial charge in [-0.1, -0.05) is 6.92 Å². The number of amides is 1. The topological polar surface area (TPSA) is 82.8 Å². The van der Waals surface area contributed by atoms with Crippen molar-refractivity contribution < 1.29 is 14.3 Å². The molecule has 0 aliphatic rings. The van der Waals surface area contributed by atoms with Gasteiger partial charge in [-0.2, -0.15) is 0 Å². The number of fused-ring (bicyclic) bond motifs is 1. The molecule has 0 spiro atoms. The molecule has 0 unspecified atom stereocenters. The fraction of sp³-hybridized carbons (Fsp3) is 0.474. The van der Waals surface area contributed by atoms with Crippen molar-refractivity contribution in [2.75, 3.05) is 13.6 Å². The Morgan fingerprint density at radius 2 is 1.92 bits per heavy atom. The van der Waals surface area contributed by atoms with E-state index in [1.165, 1.54) is 12.1 Å². The van der Waals surface area contributed by atoms with Gasteiger partial charge in [-0.05, 0) is 51.4 Å². The summed E-state index contributed by atoms with van der Waals surface area (Å²) < 4.78 is 5.20. The van der Waals surface area contributed by atoms with Crippen molar-refractivity contribution >= 4 is 16.9 Å². The van der Waals surface area contributed by atoms with Crippen molar-refractivity contribution in [1.29, 1.82) is 0 Å². The first-order chi connectivity index (χ1) is 11.6. The van der Waals surface area contributed by atoms with Crippen LogP contribution < -0.4 is 10.9 Å². The Hall–Kier alpha value is -2.34. The number of hydrogen-bond acceptors (Lipinski definition) is 5. The molecule has 1 aromatic carbocycles. The Kier molecular flexibility index (Phi) is 5.52. The molecule has 0 aliphatic carbocycles. The van der Waals surface area contributed by atoms with Crippen LogP contribution in [-0.4, -0.2) is 35.0 Å². The van der Waals surface area contributed by atoms with Gasteiger partial charge in [0.15, 0.2) is 0 Å². The summed E-state index contributed by atoms with van der Waals surface area (Å²) in [4.78, 5) is 25.7. The largest absolute Gasteiger partial charge is 0.508 e. The number of phenols is 1. The molecular weight excluding hydrogens is 320 g/mol. The third kappa shape index (κ3) is 5.06. The summed E-state index contributed by atoms with van der Waals surface area (Å²) in [5, 5.41) is 13.7. The molecule has 1 aromatic heterocycles. The van der Waals surface area contributed by atoms with E-state index >= 15 is 0 Å². The predicted octanol–water partition coefficient (Wildman–Crippen LogP) is 2.41. The normalized spacial score (nSPS) is 11.9. The van der Waals surface area contributed by atoms with Crippen molar-refractivity contribution in [2.45, 2.75) is 46.2 Å². The lowest BCUT2D eigenvalue weighted by Gasteiger charge is -2.23. The quantitative estimate of drug-likeness (QED) is 0.813. The van der Waals surface area contributed by atoms with E-state index in [1.54, 1.807) is 0 Å². The lowest BCUT2D eigenvalue weighted by atomic mass is 10.0. The third-order valence-electron chi connectivity index (χ3n) is 3.78. The van der Waals surface area contributed by atoms with Crippen LogP contribution in [0.5, 0.6) is 5.75 Å². The van der Waals surface area contributed by atoms with E-state index in [2.05, 4.69) is 5.32 Å². The van der Waals surface area contributed by atoms with Crippen LogP contribution in [0.4, 0.5) is 0 Å². The first-order valence-electron chi connectivity index (χ1n) is 8.37. The summed E-state index contributed by atoms with van der Waals surface area (Å²) in [6.45, 7) is 8.38. The van der Waals surface area contributed by atoms with Crippen LogP contribution >= 0.6 is 0 Å². The molecule has 0 radical (unpaired) electrons. The molecule has 6 heteroatoms. The number of rotatable bonds is 5. The third-order valence-corrected chi connectivity index (χ3v) is 3.78. The molecule has 25 heavy (non-hydrogen) atoms. The Morgan fingerprint density at radius 3 is 2.52 bits per heavy atom. The van der Waals surface area contributed by atoms with Gasteiger partial charge in [0.2, 0.25) is 5.91 Å². The van der Waals surface area contributed by atoms with Crippen LogP contribution in [0.3, 0.4) is 0 Å². The zero-order valence-corrected chi connectivity index (χ0v) is 15.5. The molecule has 0 fully saturated rings. The van der Waals surface area contributed by atoms with Crippen LogP contribution in [0, 0.1) is 0 Å². The number of nitrogens with one attached hydrogen (secondary N) is 1. The Morgan fingerprint density at radius 1 is 1.24 bits per heavy atom. The minimum atomic E-state index is -0.473. The lowest BCUT2D eigenvalue weighted by Crippen LogP contribution is -2.45. The number of carbonyl (C=O) groups excluding carboxylic acids is 1. The minimum absolute atomic E-state index is 0.0748. The fourth-order valence-corrected chi connectivity index (χ4v) is 2.77. The number of phenolic OH excluding ortho intramolecular Hbond substituents is 1. The average molecular weight is 346 g/mol. The average Bonchev–Trinajstić information content (AvgIpc) is 2.43. The molecule has 2 rings (SSSR count). The summed E-state index contributed by atoms with van der Waals surface area (Å²) in [7, 11) is 1.82. The van der Waals surface area contributed by atoms with Gasteiger partial charge >= 0.3 is 5.63 Å². The van der Waals surface area contributed by atoms with Gasteiger partial charge in [-0.15, -0.1) is 0 Å². The number of carbonyl (C=O) groups is 1. The summed E-state index contributed by atoms with van der Waals surface area (Å²) in [5.74, 6) is 0.0439. The van der Waals surface area contributed by atoms with Crippen molar-refractivity contribution in [3.8, 4) is 5.75 Å². The molecule has 136 valence electrons. The Bertz CT molecular complexity index is 834. The van der Waals surface area contributed by atoms with E-state index in [1.807, 2.05) is 45.7 Å². The first kappa shape index (κ1) is 19.0. The molecule has 0 saturated heterocycles. The molecule has 0 bridgehead atoms. The molecule has 0 atom stereocenters. The second-order valence-corrected chi connectivity index (χ2v) is 7.39. The van der Waals surface area contributed by atoms with Crippen LogP contribution in [-0.2, 0) is 17.8 Å². The predicted molar refractivity (Wildman–Crippen MR) is 97.8 cm³/mol. The number of benzene rings is 1. The van der Waals surface area contributed by atoms with Crippen molar-refractivity contribution in [1.82, 2.24) is 10.2 Å². The van der Waals surface area contributed by atoms with Gasteiger partial charge in [0.05, 0.1) is 6.54 Å². The summed E-state index contributed by atoms with van der Waals surface area (Å²) >= 11 is 0. The van der Waals surface area contributed by atoms with Crippen molar-refractivity contribution in [3.63, 3.8) is 0 Å². The van der Waals surface area contributed by atoms with Gasteiger partial charge in [-0.25, -0.2) is 4.79 Å². The molecule has 1 heterocycles. The van der Waals surface area contributed by atoms with Gasteiger partial charge < -0.3 is 14.8 Å². The summed E-state index contributed by atoms with van der Waals surface area (Å²) in [6.07, 6.45) is 0.671. The maximum Gasteiger partial charge on any atom is 0.336 e. The van der Waals surface area contributed by atoms with E-state index in [0.29, 0.717) is 18.5 Å². The second-order valence-electron chi connectivity index (χ2n) is 7.39. The molecule has 2 N–H and O–H groups in total. The summed E-state index contributed by atoms with van der Waals surface area (Å²) in [5.41, 5.74) is 1.15. The lowest BCUT2D eigenvalue weighted by molar-refractivity contribution is -0.123. The van der Waals surface area contributed by atoms with Gasteiger partial charge in [-0.3, -0.25) is 9.69 Å². The smallest absolute Gasteiger partial charge is 0.336 e. The Labute approximate surface area is 147 Å². The number of likely N-dealkylation sites (N-methyl/N-ethyl adjacent to an activating group) is 1. The van der Waals surface area contributed by atoms with Gasteiger partial charge in [0.1, 0.15) is 11.3 Å². The van der Waals surface area contributed by atoms with E-state index in [0.717, 1.165) is 16.5 Å². The van der Waals surface area contributed by atoms with E-state index in [4.69, 9.17) is 4.42 Å². The van der Waals surface area contributed by atoms with Crippen LogP contribution in [0.15, 0.2) is 27.4 Å². The monoisotopic (exact) mass is 346 g/mol. The first-order valence-corrected chi connectivity index (χ1v) is 8.37. The maximum absolute atomic E-state index is 12.1. The van der Waals surface area contributed by atoms with Crippen LogP contribution in [0.25, 0.3) is 11.0 Å². The highest BCUT2D eigenvalue weighted by Gasteiger charge is 2.16. The van der Waals surface area contributed by atoms with Crippen molar-refractivity contribution in [2.24, 2.45) is 0 Å². The molecular formula is C19H26N2O4. The van der Waals surface area contributed by atoms with Crippen LogP contribution in [0.2, 0.25) is 0 Å². The Balaban J connectivity index is 2.28. The minimum Gasteiger partial charge on any atom is -0.508 e. The zero-order valence-electron chi connectivity index (χ0n) is 15.5. The van der Waals surface area contributed by atoms with E-state index < -0.39 is 5.63 Å². The van der Waals surface area contributed by atoms with E-state index in [-0.39, 0.29) is 23.7 Å². The standard InChI is InChI=1S/C19H26N2O4/c1-6-12-7-14-13(8-18(24)25-16(14)9-15(12)22)10-21(5)11-17(23)20-19(2,3)4/h7-9,22H,6,10-11H2,1-5H3,(H,20,23). The molecule has 1 amide bonds. The highest BCUT2D eigenvalue weighted by molar-refractivity contribution is 5.83.